The van der Waals surface area contributed by atoms with Gasteiger partial charge in [0.25, 0.3) is 0 Å². The van der Waals surface area contributed by atoms with Crippen LogP contribution in [-0.4, -0.2) is 166 Å². The van der Waals surface area contributed by atoms with Crippen LogP contribution in [-0.2, 0) is 20.5 Å². The van der Waals surface area contributed by atoms with E-state index in [9.17, 15) is 32.3 Å². The fraction of sp³-hybridized carbons (Fsp3) is 0.692. The minimum atomic E-state index is -4.68. The Morgan fingerprint density at radius 3 is 1.97 bits per heavy atom. The van der Waals surface area contributed by atoms with Gasteiger partial charge in [-0.05, 0) is 31.7 Å². The molecule has 2 aromatic heterocycles. The third-order valence-corrected chi connectivity index (χ3v) is 14.9. The number of aliphatic carboxylic acids is 1. The smallest absolute Gasteiger partial charge is 0.417 e. The maximum absolute atomic E-state index is 14.0. The van der Waals surface area contributed by atoms with Crippen LogP contribution in [0, 0.1) is 0 Å². The van der Waals surface area contributed by atoms with E-state index in [1.165, 1.54) is 0 Å². The molecule has 19 nitrogen and oxygen atoms in total. The van der Waals surface area contributed by atoms with Crippen LogP contribution in [0.5, 0.6) is 0 Å². The lowest BCUT2D eigenvalue weighted by Crippen LogP contribution is -2.49. The number of halogens is 3. The van der Waals surface area contributed by atoms with E-state index in [0.29, 0.717) is 88.4 Å². The van der Waals surface area contributed by atoms with Crippen LogP contribution in [0.15, 0.2) is 12.3 Å². The Morgan fingerprint density at radius 1 is 0.825 bits per heavy atom. The van der Waals surface area contributed by atoms with Crippen LogP contribution in [0.4, 0.5) is 40.5 Å². The summed E-state index contributed by atoms with van der Waals surface area (Å²) in [6.45, 7) is 5.61. The van der Waals surface area contributed by atoms with Gasteiger partial charge in [-0.15, -0.1) is 0 Å². The monoisotopic (exact) mass is 923 g/mol. The van der Waals surface area contributed by atoms with Gasteiger partial charge in [0.05, 0.1) is 48.5 Å². The molecular weight excluding hydrogens is 868 g/mol. The van der Waals surface area contributed by atoms with Crippen molar-refractivity contribution < 1.29 is 42.2 Å². The van der Waals surface area contributed by atoms with Gasteiger partial charge in [-0.1, -0.05) is 12.8 Å². The Hall–Kier alpha value is -4.55. The van der Waals surface area contributed by atoms with E-state index in [-0.39, 0.29) is 71.7 Å². The zero-order valence-electron chi connectivity index (χ0n) is 34.9. The molecular formula is C39H56F3N13O6S2. The van der Waals surface area contributed by atoms with Gasteiger partial charge in [-0.3, -0.25) is 14.5 Å². The quantitative estimate of drug-likeness (QED) is 0.0942. The number of unbranched alkanes of at least 4 members (excludes halogenated alkanes) is 2. The molecule has 0 aromatic carbocycles. The number of alkyl halides is 3. The van der Waals surface area contributed by atoms with Gasteiger partial charge >= 0.3 is 24.2 Å². The molecule has 6 aliphatic heterocycles. The molecule has 6 atom stereocenters. The lowest BCUT2D eigenvalue weighted by Gasteiger charge is -2.35. The largest absolute Gasteiger partial charge is 0.481 e. The number of pyridine rings is 1. The molecule has 5 amide bonds. The number of hydrogen-bond donors (Lipinski definition) is 7. The first-order valence-electron chi connectivity index (χ1n) is 21.6. The number of carboxylic acids is 1. The molecule has 0 saturated carbocycles. The molecule has 0 unspecified atom stereocenters. The highest BCUT2D eigenvalue weighted by molar-refractivity contribution is 8.00. The van der Waals surface area contributed by atoms with Crippen molar-refractivity contribution in [2.75, 3.05) is 92.6 Å². The van der Waals surface area contributed by atoms with Gasteiger partial charge in [0, 0.05) is 93.4 Å². The molecule has 0 bridgehead atoms. The number of nitrogens with two attached hydrogens (primary N) is 1. The predicted molar refractivity (Wildman–Crippen MR) is 233 cm³/mol. The lowest BCUT2D eigenvalue weighted by atomic mass is 10.0. The van der Waals surface area contributed by atoms with Gasteiger partial charge in [-0.2, -0.15) is 51.6 Å². The molecule has 63 heavy (non-hydrogen) atoms. The minimum Gasteiger partial charge on any atom is -0.481 e. The molecule has 24 heteroatoms. The number of nitrogens with zero attached hydrogens (tertiary/aromatic N) is 7. The first-order chi connectivity index (χ1) is 30.3. The number of amides is 5. The number of piperazine rings is 1. The van der Waals surface area contributed by atoms with Gasteiger partial charge in [0.1, 0.15) is 5.82 Å². The van der Waals surface area contributed by atoms with Crippen molar-refractivity contribution in [3.63, 3.8) is 0 Å². The topological polar surface area (TPSA) is 245 Å². The molecule has 6 aliphatic rings. The molecule has 346 valence electrons. The molecule has 6 fully saturated rings. The first-order valence-corrected chi connectivity index (χ1v) is 23.7. The molecule has 8 rings (SSSR count). The average Bonchev–Trinajstić information content (AvgIpc) is 4.03. The maximum atomic E-state index is 14.0. The van der Waals surface area contributed by atoms with Crippen molar-refractivity contribution in [1.82, 2.24) is 51.4 Å². The molecule has 2 aromatic rings. The number of carbonyl (C=O) groups excluding carboxylic acids is 3. The number of morpholine rings is 1. The normalized spacial score (nSPS) is 25.6. The van der Waals surface area contributed by atoms with Crippen LogP contribution in [0.3, 0.4) is 0 Å². The van der Waals surface area contributed by atoms with E-state index < -0.39 is 17.7 Å². The first kappa shape index (κ1) is 46.4. The second kappa shape index (κ2) is 21.4. The SMILES string of the molecule is Nc1cc(C(F)(F)F)c(-c2nc(N3CCOCC3)nc(N3CCN(CCNC(=O)CCCC[C@@H]4SC[C@@H]5NC(=O)N[C@@H]54)CC3)n2)cn1.O=C(O)CCCC[C@@H]1SC[C@@H]2NC(=O)N[C@@H]21. The van der Waals surface area contributed by atoms with E-state index in [4.69, 9.17) is 15.6 Å². The number of thioether (sulfide) groups is 2. The average molecular weight is 924 g/mol. The number of fused-ring (bicyclic) bond motifs is 2. The summed E-state index contributed by atoms with van der Waals surface area (Å²) in [7, 11) is 0. The van der Waals surface area contributed by atoms with E-state index >= 15 is 0 Å². The van der Waals surface area contributed by atoms with Gasteiger partial charge in [0.15, 0.2) is 5.82 Å². The van der Waals surface area contributed by atoms with Crippen molar-refractivity contribution in [3.05, 3.63) is 17.8 Å². The summed E-state index contributed by atoms with van der Waals surface area (Å²) in [6, 6.07) is 1.55. The number of ether oxygens (including phenoxy) is 1. The second-order valence-electron chi connectivity index (χ2n) is 16.3. The molecule has 0 aliphatic carbocycles. The number of urea groups is 2. The van der Waals surface area contributed by atoms with Crippen molar-refractivity contribution in [2.45, 2.75) is 92.2 Å². The number of nitrogen functional groups attached to an aromatic ring is 1. The number of aromatic nitrogens is 4. The Kier molecular flexibility index (Phi) is 15.8. The van der Waals surface area contributed by atoms with Crippen LogP contribution < -0.4 is 42.1 Å². The summed E-state index contributed by atoms with van der Waals surface area (Å²) in [5.41, 5.74) is 4.38. The highest BCUT2D eigenvalue weighted by Crippen LogP contribution is 2.38. The van der Waals surface area contributed by atoms with Crippen LogP contribution in [0.1, 0.15) is 56.9 Å². The summed E-state index contributed by atoms with van der Waals surface area (Å²) in [5.74, 6) is 1.42. The van der Waals surface area contributed by atoms with Gasteiger partial charge in [0.2, 0.25) is 17.8 Å². The molecule has 8 heterocycles. The van der Waals surface area contributed by atoms with E-state index in [1.807, 2.05) is 33.3 Å². The maximum Gasteiger partial charge on any atom is 0.417 e. The Labute approximate surface area is 371 Å². The summed E-state index contributed by atoms with van der Waals surface area (Å²) >= 11 is 3.75. The van der Waals surface area contributed by atoms with E-state index in [1.54, 1.807) is 0 Å². The summed E-state index contributed by atoms with van der Waals surface area (Å²) < 4.78 is 47.3. The molecule has 8 N–H and O–H groups in total. The van der Waals surface area contributed by atoms with Crippen molar-refractivity contribution >= 4 is 65.2 Å². The van der Waals surface area contributed by atoms with Crippen LogP contribution in [0.2, 0.25) is 0 Å². The Balaban J connectivity index is 0.000000312. The highest BCUT2D eigenvalue weighted by Gasteiger charge is 2.43. The van der Waals surface area contributed by atoms with Crippen LogP contribution in [0.25, 0.3) is 11.4 Å². The Bertz CT molecular complexity index is 1930. The number of carbonyl (C=O) groups is 4. The Morgan fingerprint density at radius 2 is 1.40 bits per heavy atom. The van der Waals surface area contributed by atoms with Gasteiger partial charge in [-0.25, -0.2) is 14.6 Å². The fourth-order valence-electron chi connectivity index (χ4n) is 8.56. The zero-order chi connectivity index (χ0) is 44.5. The number of hydrogen-bond acceptors (Lipinski definition) is 15. The lowest BCUT2D eigenvalue weighted by molar-refractivity contribution is -0.138. The van der Waals surface area contributed by atoms with E-state index in [0.717, 1.165) is 62.3 Å². The second-order valence-corrected chi connectivity index (χ2v) is 18.9. The van der Waals surface area contributed by atoms with Crippen molar-refractivity contribution in [2.24, 2.45) is 0 Å². The minimum absolute atomic E-state index is 0.0279. The standard InChI is InChI=1S/C29H40F3N11O3S.C10H16N2O3S/c30-29(31,32)19-15-22(33)35-16-18(19)25-38-26(40-27(39-25)43-11-13-46-14-12-43)42-9-7-41(8-10-42)6-5-34-23(44)4-2-1-3-21-24-20(17-47-21)36-28(45)37-24;13-8(14)4-2-1-3-7-9-6(5-16-7)11-10(15)12-9/h15-16,20-21,24H,1-14,17H2,(H2,33,35)(H,34,44)(H2,36,37,45);6-7,9H,1-5H2,(H,13,14)(H2,11,12,15)/t20-,21-,24-;6-,7-,9-/m00/s1. The van der Waals surface area contributed by atoms with E-state index in [2.05, 4.69) is 51.4 Å². The number of nitrogens with one attached hydrogen (secondary N) is 5. The third kappa shape index (κ3) is 12.6. The van der Waals surface area contributed by atoms with Crippen molar-refractivity contribution in [3.8, 4) is 11.4 Å². The molecule has 0 radical (unpaired) electrons. The fourth-order valence-corrected chi connectivity index (χ4v) is 11.6. The number of rotatable bonds is 16. The molecule has 0 spiro atoms. The highest BCUT2D eigenvalue weighted by atomic mass is 32.2. The predicted octanol–water partition coefficient (Wildman–Crippen LogP) is 2.13. The summed E-state index contributed by atoms with van der Waals surface area (Å²) in [6.07, 6.45) is 2.45. The number of carboxylic acid groups (broad SMARTS) is 1. The summed E-state index contributed by atoms with van der Waals surface area (Å²) in [5, 5.41) is 24.1. The zero-order valence-corrected chi connectivity index (χ0v) is 36.5. The van der Waals surface area contributed by atoms with Crippen LogP contribution >= 0.6 is 23.5 Å². The third-order valence-electron chi connectivity index (χ3n) is 11.9. The molecule has 6 saturated heterocycles. The summed E-state index contributed by atoms with van der Waals surface area (Å²) in [4.78, 5) is 69.0. The van der Waals surface area contributed by atoms with Gasteiger partial charge < -0.3 is 52.0 Å². The van der Waals surface area contributed by atoms with Crippen molar-refractivity contribution in [1.29, 1.82) is 0 Å². The number of anilines is 3.